The van der Waals surface area contributed by atoms with E-state index in [0.29, 0.717) is 12.0 Å². The van der Waals surface area contributed by atoms with Crippen LogP contribution in [0.3, 0.4) is 0 Å². The summed E-state index contributed by atoms with van der Waals surface area (Å²) in [7, 11) is 2.20. The molecule has 2 unspecified atom stereocenters. The van der Waals surface area contributed by atoms with Crippen molar-refractivity contribution in [2.24, 2.45) is 0 Å². The van der Waals surface area contributed by atoms with E-state index in [0.717, 1.165) is 17.4 Å². The highest BCUT2D eigenvalue weighted by Gasteiger charge is 2.29. The number of rotatable bonds is 3. The zero-order chi connectivity index (χ0) is 13.4. The Morgan fingerprint density at radius 3 is 3.00 bits per heavy atom. The van der Waals surface area contributed by atoms with Crippen LogP contribution in [-0.2, 0) is 0 Å². The molecule has 0 radical (unpaired) electrons. The standard InChI is InChI=1S/C16H21FN2/c1-3-19(2)13-6-4-11(8-13)15-10-18-16-7-5-12(17)9-14(15)16/h5,7,9-11,13,18H,3-4,6,8H2,1-2H3. The predicted octanol–water partition coefficient (Wildman–Crippen LogP) is 3.89. The van der Waals surface area contributed by atoms with Gasteiger partial charge >= 0.3 is 0 Å². The Morgan fingerprint density at radius 1 is 1.37 bits per heavy atom. The molecule has 3 heteroatoms. The van der Waals surface area contributed by atoms with Gasteiger partial charge in [-0.25, -0.2) is 4.39 Å². The Hall–Kier alpha value is -1.35. The Morgan fingerprint density at radius 2 is 2.21 bits per heavy atom. The van der Waals surface area contributed by atoms with Gasteiger partial charge in [0, 0.05) is 23.1 Å². The molecule has 0 aliphatic heterocycles. The van der Waals surface area contributed by atoms with Crippen LogP contribution >= 0.6 is 0 Å². The Bertz CT molecular complexity index is 575. The fraction of sp³-hybridized carbons (Fsp3) is 0.500. The number of hydrogen-bond acceptors (Lipinski definition) is 1. The molecule has 2 aromatic rings. The zero-order valence-corrected chi connectivity index (χ0v) is 11.6. The molecule has 0 bridgehead atoms. The average molecular weight is 260 g/mol. The van der Waals surface area contributed by atoms with E-state index < -0.39 is 0 Å². The minimum absolute atomic E-state index is 0.145. The van der Waals surface area contributed by atoms with Crippen LogP contribution in [0, 0.1) is 5.82 Å². The maximum atomic E-state index is 13.4. The summed E-state index contributed by atoms with van der Waals surface area (Å²) in [6, 6.07) is 5.69. The molecular formula is C16H21FN2. The first kappa shape index (κ1) is 12.7. The van der Waals surface area contributed by atoms with Gasteiger partial charge in [-0.2, -0.15) is 0 Å². The first-order valence-corrected chi connectivity index (χ1v) is 7.15. The molecule has 19 heavy (non-hydrogen) atoms. The summed E-state index contributed by atoms with van der Waals surface area (Å²) < 4.78 is 13.4. The van der Waals surface area contributed by atoms with Gasteiger partial charge < -0.3 is 9.88 Å². The maximum Gasteiger partial charge on any atom is 0.123 e. The van der Waals surface area contributed by atoms with Gasteiger partial charge in [-0.3, -0.25) is 0 Å². The predicted molar refractivity (Wildman–Crippen MR) is 76.9 cm³/mol. The lowest BCUT2D eigenvalue weighted by molar-refractivity contribution is 0.256. The van der Waals surface area contributed by atoms with E-state index >= 15 is 0 Å². The third kappa shape index (κ3) is 2.27. The molecule has 3 rings (SSSR count). The summed E-state index contributed by atoms with van der Waals surface area (Å²) >= 11 is 0. The summed E-state index contributed by atoms with van der Waals surface area (Å²) in [5, 5.41) is 1.06. The maximum absolute atomic E-state index is 13.4. The molecule has 1 heterocycles. The molecule has 1 aromatic carbocycles. The quantitative estimate of drug-likeness (QED) is 0.887. The number of fused-ring (bicyclic) bond motifs is 1. The van der Waals surface area contributed by atoms with Gasteiger partial charge in [-0.05, 0) is 62.5 Å². The number of aromatic amines is 1. The third-order valence-electron chi connectivity index (χ3n) is 4.64. The second kappa shape index (κ2) is 4.97. The van der Waals surface area contributed by atoms with Crippen molar-refractivity contribution in [3.63, 3.8) is 0 Å². The fourth-order valence-electron chi connectivity index (χ4n) is 3.35. The van der Waals surface area contributed by atoms with Crippen molar-refractivity contribution >= 4 is 10.9 Å². The van der Waals surface area contributed by atoms with E-state index in [1.165, 1.54) is 30.9 Å². The molecule has 102 valence electrons. The highest BCUT2D eigenvalue weighted by atomic mass is 19.1. The van der Waals surface area contributed by atoms with Crippen LogP contribution < -0.4 is 0 Å². The van der Waals surface area contributed by atoms with E-state index in [2.05, 4.69) is 30.1 Å². The molecule has 1 saturated carbocycles. The molecule has 1 N–H and O–H groups in total. The number of nitrogens with zero attached hydrogens (tertiary/aromatic N) is 1. The van der Waals surface area contributed by atoms with Crippen molar-refractivity contribution in [1.82, 2.24) is 9.88 Å². The summed E-state index contributed by atoms with van der Waals surface area (Å²) in [6.45, 7) is 3.30. The van der Waals surface area contributed by atoms with Crippen LogP contribution in [0.5, 0.6) is 0 Å². The smallest absolute Gasteiger partial charge is 0.123 e. The summed E-state index contributed by atoms with van der Waals surface area (Å²) in [5.74, 6) is 0.420. The third-order valence-corrected chi connectivity index (χ3v) is 4.64. The average Bonchev–Trinajstić information content (AvgIpc) is 3.03. The number of hydrogen-bond donors (Lipinski definition) is 1. The lowest BCUT2D eigenvalue weighted by Gasteiger charge is -2.22. The van der Waals surface area contributed by atoms with Crippen molar-refractivity contribution in [1.29, 1.82) is 0 Å². The molecule has 0 saturated heterocycles. The first-order chi connectivity index (χ1) is 9.19. The Labute approximate surface area is 113 Å². The molecule has 1 fully saturated rings. The lowest BCUT2D eigenvalue weighted by Crippen LogP contribution is -2.28. The SMILES string of the molecule is CCN(C)C1CCC(c2c[nH]c3ccc(F)cc23)C1. The summed E-state index contributed by atoms with van der Waals surface area (Å²) in [4.78, 5) is 5.70. The Kier molecular flexibility index (Phi) is 3.31. The highest BCUT2D eigenvalue weighted by molar-refractivity contribution is 5.83. The minimum Gasteiger partial charge on any atom is -0.361 e. The van der Waals surface area contributed by atoms with Crippen LogP contribution in [0.2, 0.25) is 0 Å². The molecule has 0 spiro atoms. The number of nitrogens with one attached hydrogen (secondary N) is 1. The highest BCUT2D eigenvalue weighted by Crippen LogP contribution is 2.39. The van der Waals surface area contributed by atoms with Gasteiger partial charge in [0.05, 0.1) is 0 Å². The van der Waals surface area contributed by atoms with Crippen molar-refractivity contribution in [2.45, 2.75) is 38.1 Å². The zero-order valence-electron chi connectivity index (χ0n) is 11.6. The second-order valence-electron chi connectivity index (χ2n) is 5.67. The van der Waals surface area contributed by atoms with Gasteiger partial charge in [0.25, 0.3) is 0 Å². The number of H-pyrrole nitrogens is 1. The van der Waals surface area contributed by atoms with Crippen LogP contribution in [-0.4, -0.2) is 29.5 Å². The largest absolute Gasteiger partial charge is 0.361 e. The van der Waals surface area contributed by atoms with Gasteiger partial charge in [-0.1, -0.05) is 6.92 Å². The molecule has 2 atom stereocenters. The van der Waals surface area contributed by atoms with E-state index in [1.54, 1.807) is 6.07 Å². The molecular weight excluding hydrogens is 239 g/mol. The fourth-order valence-corrected chi connectivity index (χ4v) is 3.35. The van der Waals surface area contributed by atoms with Gasteiger partial charge in [0.15, 0.2) is 0 Å². The van der Waals surface area contributed by atoms with Crippen LogP contribution in [0.15, 0.2) is 24.4 Å². The van der Waals surface area contributed by atoms with Crippen molar-refractivity contribution in [2.75, 3.05) is 13.6 Å². The van der Waals surface area contributed by atoms with E-state index in [-0.39, 0.29) is 5.82 Å². The van der Waals surface area contributed by atoms with Gasteiger partial charge in [0.1, 0.15) is 5.82 Å². The molecule has 2 nitrogen and oxygen atoms in total. The topological polar surface area (TPSA) is 19.0 Å². The molecule has 1 aliphatic rings. The number of halogens is 1. The number of benzene rings is 1. The second-order valence-corrected chi connectivity index (χ2v) is 5.67. The molecule has 0 amide bonds. The summed E-state index contributed by atoms with van der Waals surface area (Å²) in [6.07, 6.45) is 5.71. The minimum atomic E-state index is -0.145. The first-order valence-electron chi connectivity index (χ1n) is 7.15. The van der Waals surface area contributed by atoms with E-state index in [4.69, 9.17) is 0 Å². The van der Waals surface area contributed by atoms with Crippen molar-refractivity contribution < 1.29 is 4.39 Å². The molecule has 1 aromatic heterocycles. The van der Waals surface area contributed by atoms with Gasteiger partial charge in [-0.15, -0.1) is 0 Å². The van der Waals surface area contributed by atoms with Crippen molar-refractivity contribution in [3.8, 4) is 0 Å². The normalized spacial score (nSPS) is 23.6. The van der Waals surface area contributed by atoms with Gasteiger partial charge in [0.2, 0.25) is 0 Å². The lowest BCUT2D eigenvalue weighted by atomic mass is 9.97. The van der Waals surface area contributed by atoms with E-state index in [1.807, 2.05) is 6.07 Å². The number of aromatic nitrogens is 1. The monoisotopic (exact) mass is 260 g/mol. The van der Waals surface area contributed by atoms with Crippen LogP contribution in [0.25, 0.3) is 10.9 Å². The summed E-state index contributed by atoms with van der Waals surface area (Å²) in [5.41, 5.74) is 2.34. The Balaban J connectivity index is 1.87. The molecule has 1 aliphatic carbocycles. The van der Waals surface area contributed by atoms with Crippen LogP contribution in [0.4, 0.5) is 4.39 Å². The van der Waals surface area contributed by atoms with Crippen molar-refractivity contribution in [3.05, 3.63) is 35.8 Å². The van der Waals surface area contributed by atoms with E-state index in [9.17, 15) is 4.39 Å². The van der Waals surface area contributed by atoms with Crippen LogP contribution in [0.1, 0.15) is 37.7 Å².